The molecular formula is C20H28N2O4S. The molecule has 2 amide bonds. The molecule has 0 N–H and O–H groups in total. The molecular weight excluding hydrogens is 364 g/mol. The Balaban J connectivity index is 1.76. The van der Waals surface area contributed by atoms with Gasteiger partial charge in [0.1, 0.15) is 0 Å². The Morgan fingerprint density at radius 1 is 1.15 bits per heavy atom. The van der Waals surface area contributed by atoms with E-state index in [0.717, 1.165) is 25.9 Å². The fourth-order valence-electron chi connectivity index (χ4n) is 3.93. The Bertz CT molecular complexity index is 813. The van der Waals surface area contributed by atoms with E-state index in [1.54, 1.807) is 29.2 Å². The van der Waals surface area contributed by atoms with E-state index in [1.165, 1.54) is 0 Å². The van der Waals surface area contributed by atoms with Crippen molar-refractivity contribution in [1.82, 2.24) is 9.80 Å². The van der Waals surface area contributed by atoms with E-state index in [0.29, 0.717) is 30.0 Å². The lowest BCUT2D eigenvalue weighted by atomic mass is 9.98. The van der Waals surface area contributed by atoms with Crippen LogP contribution in [0.1, 0.15) is 53.8 Å². The lowest BCUT2D eigenvalue weighted by molar-refractivity contribution is 0.0697. The van der Waals surface area contributed by atoms with Crippen LogP contribution in [0.25, 0.3) is 0 Å². The molecule has 2 aliphatic rings. The number of hydrogen-bond acceptors (Lipinski definition) is 4. The fraction of sp³-hybridized carbons (Fsp3) is 0.600. The Labute approximate surface area is 161 Å². The Morgan fingerprint density at radius 2 is 1.81 bits per heavy atom. The molecule has 3 rings (SSSR count). The molecule has 6 nitrogen and oxygen atoms in total. The summed E-state index contributed by atoms with van der Waals surface area (Å²) in [6.07, 6.45) is 2.49. The van der Waals surface area contributed by atoms with Crippen LogP contribution in [-0.2, 0) is 9.84 Å². The first-order valence-electron chi connectivity index (χ1n) is 9.71. The number of likely N-dealkylation sites (tertiary alicyclic amines) is 1. The third-order valence-corrected chi connectivity index (χ3v) is 7.43. The predicted octanol–water partition coefficient (Wildman–Crippen LogP) is 2.21. The number of benzene rings is 1. The number of hydrogen-bond donors (Lipinski definition) is 0. The molecule has 0 aromatic heterocycles. The molecule has 148 valence electrons. The van der Waals surface area contributed by atoms with Gasteiger partial charge < -0.3 is 9.80 Å². The van der Waals surface area contributed by atoms with Crippen molar-refractivity contribution >= 4 is 21.7 Å². The van der Waals surface area contributed by atoms with Crippen LogP contribution in [-0.4, -0.2) is 67.2 Å². The molecule has 0 spiro atoms. The van der Waals surface area contributed by atoms with Crippen molar-refractivity contribution in [3.05, 3.63) is 35.4 Å². The van der Waals surface area contributed by atoms with Crippen molar-refractivity contribution in [2.24, 2.45) is 5.92 Å². The zero-order valence-corrected chi connectivity index (χ0v) is 16.9. The van der Waals surface area contributed by atoms with Gasteiger partial charge >= 0.3 is 0 Å². The van der Waals surface area contributed by atoms with Gasteiger partial charge in [0.05, 0.1) is 11.5 Å². The van der Waals surface area contributed by atoms with E-state index >= 15 is 0 Å². The maximum Gasteiger partial charge on any atom is 0.254 e. The standard InChI is InChI=1S/C20H28N2O4S/c1-3-22(18-9-12-27(25,26)14-18)20(24)17-6-4-5-16(13-17)19(23)21-10-7-15(2)8-11-21/h4-6,13,15,18H,3,7-12,14H2,1-2H3. The molecule has 0 bridgehead atoms. The quantitative estimate of drug-likeness (QED) is 0.787. The van der Waals surface area contributed by atoms with Gasteiger partial charge in [0.2, 0.25) is 0 Å². The molecule has 0 saturated carbocycles. The highest BCUT2D eigenvalue weighted by molar-refractivity contribution is 7.91. The van der Waals surface area contributed by atoms with Crippen molar-refractivity contribution in [3.8, 4) is 0 Å². The molecule has 2 aliphatic heterocycles. The van der Waals surface area contributed by atoms with Crippen LogP contribution in [0.4, 0.5) is 0 Å². The largest absolute Gasteiger partial charge is 0.339 e. The van der Waals surface area contributed by atoms with E-state index in [-0.39, 0.29) is 29.4 Å². The summed E-state index contributed by atoms with van der Waals surface area (Å²) < 4.78 is 23.5. The number of amides is 2. The third kappa shape index (κ3) is 4.51. The molecule has 1 unspecified atom stereocenters. The number of carbonyl (C=O) groups excluding carboxylic acids is 2. The summed E-state index contributed by atoms with van der Waals surface area (Å²) in [5.41, 5.74) is 0.961. The summed E-state index contributed by atoms with van der Waals surface area (Å²) in [5.74, 6) is 0.553. The predicted molar refractivity (Wildman–Crippen MR) is 105 cm³/mol. The fourth-order valence-corrected chi connectivity index (χ4v) is 5.66. The molecule has 1 aromatic carbocycles. The average Bonchev–Trinajstić information content (AvgIpc) is 3.02. The van der Waals surface area contributed by atoms with Gasteiger partial charge in [0.15, 0.2) is 9.84 Å². The first-order chi connectivity index (χ1) is 12.8. The molecule has 2 saturated heterocycles. The van der Waals surface area contributed by atoms with Gasteiger partial charge in [-0.25, -0.2) is 8.42 Å². The first-order valence-corrected chi connectivity index (χ1v) is 11.5. The number of rotatable bonds is 4. The minimum atomic E-state index is -3.06. The second-order valence-electron chi connectivity index (χ2n) is 7.70. The topological polar surface area (TPSA) is 74.8 Å². The summed E-state index contributed by atoms with van der Waals surface area (Å²) in [4.78, 5) is 29.2. The second-order valence-corrected chi connectivity index (χ2v) is 9.93. The van der Waals surface area contributed by atoms with Crippen LogP contribution in [0.2, 0.25) is 0 Å². The van der Waals surface area contributed by atoms with Crippen molar-refractivity contribution < 1.29 is 18.0 Å². The van der Waals surface area contributed by atoms with E-state index < -0.39 is 9.84 Å². The maximum atomic E-state index is 13.0. The Morgan fingerprint density at radius 3 is 2.41 bits per heavy atom. The first kappa shape index (κ1) is 19.9. The highest BCUT2D eigenvalue weighted by Crippen LogP contribution is 2.22. The molecule has 1 aromatic rings. The minimum Gasteiger partial charge on any atom is -0.339 e. The summed E-state index contributed by atoms with van der Waals surface area (Å²) in [6, 6.07) is 6.54. The van der Waals surface area contributed by atoms with E-state index in [9.17, 15) is 18.0 Å². The highest BCUT2D eigenvalue weighted by Gasteiger charge is 2.34. The van der Waals surface area contributed by atoms with Crippen molar-refractivity contribution in [3.63, 3.8) is 0 Å². The summed E-state index contributed by atoms with van der Waals surface area (Å²) in [5, 5.41) is 0. The zero-order chi connectivity index (χ0) is 19.6. The lowest BCUT2D eigenvalue weighted by Gasteiger charge is -2.30. The third-order valence-electron chi connectivity index (χ3n) is 5.68. The van der Waals surface area contributed by atoms with Crippen LogP contribution in [0.3, 0.4) is 0 Å². The molecule has 0 aliphatic carbocycles. The van der Waals surface area contributed by atoms with Crippen LogP contribution in [0.15, 0.2) is 24.3 Å². The van der Waals surface area contributed by atoms with Gasteiger partial charge in [-0.15, -0.1) is 0 Å². The number of nitrogens with zero attached hydrogens (tertiary/aromatic N) is 2. The monoisotopic (exact) mass is 392 g/mol. The van der Waals surface area contributed by atoms with Gasteiger partial charge in [-0.2, -0.15) is 0 Å². The van der Waals surface area contributed by atoms with Gasteiger partial charge in [-0.1, -0.05) is 13.0 Å². The normalized spacial score (nSPS) is 22.6. The summed E-state index contributed by atoms with van der Waals surface area (Å²) in [7, 11) is -3.06. The van der Waals surface area contributed by atoms with Crippen LogP contribution in [0.5, 0.6) is 0 Å². The average molecular weight is 393 g/mol. The molecule has 7 heteroatoms. The second kappa shape index (κ2) is 8.00. The molecule has 27 heavy (non-hydrogen) atoms. The van der Waals surface area contributed by atoms with Crippen molar-refractivity contribution in [2.75, 3.05) is 31.1 Å². The number of piperidine rings is 1. The molecule has 1 atom stereocenters. The smallest absolute Gasteiger partial charge is 0.254 e. The van der Waals surface area contributed by atoms with Crippen LogP contribution < -0.4 is 0 Å². The lowest BCUT2D eigenvalue weighted by Crippen LogP contribution is -2.41. The summed E-state index contributed by atoms with van der Waals surface area (Å²) >= 11 is 0. The van der Waals surface area contributed by atoms with Crippen molar-refractivity contribution in [1.29, 1.82) is 0 Å². The Kier molecular flexibility index (Phi) is 5.89. The van der Waals surface area contributed by atoms with Crippen LogP contribution in [0, 0.1) is 5.92 Å². The molecule has 2 heterocycles. The SMILES string of the molecule is CCN(C(=O)c1cccc(C(=O)N2CCC(C)CC2)c1)C1CCS(=O)(=O)C1. The molecule has 0 radical (unpaired) electrons. The number of carbonyl (C=O) groups is 2. The Hall–Kier alpha value is -1.89. The van der Waals surface area contributed by atoms with E-state index in [2.05, 4.69) is 6.92 Å². The van der Waals surface area contributed by atoms with E-state index in [1.807, 2.05) is 11.8 Å². The minimum absolute atomic E-state index is 0.0250. The molecule has 2 fully saturated rings. The highest BCUT2D eigenvalue weighted by atomic mass is 32.2. The van der Waals surface area contributed by atoms with Crippen molar-refractivity contribution in [2.45, 2.75) is 39.2 Å². The van der Waals surface area contributed by atoms with Gasteiger partial charge in [0, 0.05) is 36.8 Å². The summed E-state index contributed by atoms with van der Waals surface area (Å²) in [6.45, 7) is 6.00. The maximum absolute atomic E-state index is 13.0. The van der Waals surface area contributed by atoms with Gasteiger partial charge in [-0.3, -0.25) is 9.59 Å². The van der Waals surface area contributed by atoms with Gasteiger partial charge in [-0.05, 0) is 50.3 Å². The zero-order valence-electron chi connectivity index (χ0n) is 16.1. The number of sulfone groups is 1. The van der Waals surface area contributed by atoms with Crippen LogP contribution >= 0.6 is 0 Å². The van der Waals surface area contributed by atoms with E-state index in [4.69, 9.17) is 0 Å². The van der Waals surface area contributed by atoms with Gasteiger partial charge in [0.25, 0.3) is 11.8 Å².